The minimum atomic E-state index is 0.258. The van der Waals surface area contributed by atoms with Gasteiger partial charge in [-0.15, -0.1) is 0 Å². The highest BCUT2D eigenvalue weighted by molar-refractivity contribution is 5.94. The Labute approximate surface area is 288 Å². The lowest BCUT2D eigenvalue weighted by Crippen LogP contribution is -2.36. The van der Waals surface area contributed by atoms with Gasteiger partial charge in [-0.3, -0.25) is 0 Å². The van der Waals surface area contributed by atoms with Gasteiger partial charge in [0.1, 0.15) is 0 Å². The SMILES string of the molecule is C1=CCCC(C2=Cc3ccc(-c4nc(-c5ccc6c(c5)C5C7C=CC=CC7C=CC5N6c5ccccc5)nc5ccccc45)cc3CC2)=C1. The highest BCUT2D eigenvalue weighted by Gasteiger charge is 2.45. The Morgan fingerprint density at radius 1 is 0.673 bits per heavy atom. The van der Waals surface area contributed by atoms with Crippen molar-refractivity contribution >= 4 is 28.4 Å². The van der Waals surface area contributed by atoms with Crippen LogP contribution < -0.4 is 4.90 Å². The van der Waals surface area contributed by atoms with Crippen LogP contribution >= 0.6 is 0 Å². The molecule has 0 amide bonds. The van der Waals surface area contributed by atoms with Gasteiger partial charge in [-0.1, -0.05) is 109 Å². The van der Waals surface area contributed by atoms with Crippen LogP contribution in [0, 0.1) is 11.8 Å². The van der Waals surface area contributed by atoms with E-state index >= 15 is 0 Å². The number of anilines is 2. The Balaban J connectivity index is 1.08. The van der Waals surface area contributed by atoms with E-state index in [4.69, 9.17) is 9.97 Å². The smallest absolute Gasteiger partial charge is 0.160 e. The zero-order valence-electron chi connectivity index (χ0n) is 27.4. The quantitative estimate of drug-likeness (QED) is 0.185. The van der Waals surface area contributed by atoms with Crippen molar-refractivity contribution in [3.63, 3.8) is 0 Å². The lowest BCUT2D eigenvalue weighted by atomic mass is 9.70. The van der Waals surface area contributed by atoms with Gasteiger partial charge in [0.05, 0.1) is 17.3 Å². The average molecular weight is 632 g/mol. The molecule has 2 heterocycles. The second-order valence-corrected chi connectivity index (χ2v) is 14.0. The van der Waals surface area contributed by atoms with E-state index in [0.717, 1.165) is 59.2 Å². The van der Waals surface area contributed by atoms with E-state index in [-0.39, 0.29) is 6.04 Å². The van der Waals surface area contributed by atoms with Gasteiger partial charge in [-0.2, -0.15) is 0 Å². The lowest BCUT2D eigenvalue weighted by molar-refractivity contribution is 0.407. The molecular weight excluding hydrogens is 595 g/mol. The molecule has 49 heavy (non-hydrogen) atoms. The number of aryl methyl sites for hydroxylation is 1. The standard InChI is InChI=1S/C46H37N3/c1-3-11-30(12-4-1)32-19-20-34-28-35(22-21-33(34)27-32)45-39-17-9-10-18-41(39)47-46(48-45)36-24-25-42-40(29-36)44-38-16-8-7-13-31(38)23-26-43(44)49(42)37-14-5-2-6-15-37/h1-3,5-11,13-18,21-29,31,38,43-44H,4,12,19-20H2. The zero-order valence-corrected chi connectivity index (χ0v) is 27.4. The second-order valence-electron chi connectivity index (χ2n) is 14.0. The summed E-state index contributed by atoms with van der Waals surface area (Å²) in [6.07, 6.45) is 27.6. The van der Waals surface area contributed by atoms with E-state index in [1.54, 1.807) is 0 Å². The molecule has 4 atom stereocenters. The summed E-state index contributed by atoms with van der Waals surface area (Å²) in [4.78, 5) is 13.1. The molecule has 4 aromatic carbocycles. The molecule has 1 aliphatic heterocycles. The third-order valence-corrected chi connectivity index (χ3v) is 11.2. The molecule has 236 valence electrons. The number of para-hydroxylation sites is 2. The van der Waals surface area contributed by atoms with Gasteiger partial charge < -0.3 is 4.90 Å². The predicted octanol–water partition coefficient (Wildman–Crippen LogP) is 11.1. The van der Waals surface area contributed by atoms with Crippen LogP contribution in [0.2, 0.25) is 0 Å². The molecule has 0 fully saturated rings. The normalized spacial score (nSPS) is 23.1. The maximum Gasteiger partial charge on any atom is 0.160 e. The third-order valence-electron chi connectivity index (χ3n) is 11.2. The molecule has 0 N–H and O–H groups in total. The molecular formula is C46H37N3. The number of aromatic nitrogens is 2. The third kappa shape index (κ3) is 4.79. The van der Waals surface area contributed by atoms with Crippen molar-refractivity contribution in [2.75, 3.05) is 4.90 Å². The number of nitrogens with zero attached hydrogens (tertiary/aromatic N) is 3. The molecule has 1 aromatic heterocycles. The summed E-state index contributed by atoms with van der Waals surface area (Å²) in [7, 11) is 0. The van der Waals surface area contributed by atoms with Crippen LogP contribution in [0.25, 0.3) is 39.6 Å². The summed E-state index contributed by atoms with van der Waals surface area (Å²) in [6.45, 7) is 0. The van der Waals surface area contributed by atoms with Gasteiger partial charge in [0.2, 0.25) is 0 Å². The summed E-state index contributed by atoms with van der Waals surface area (Å²) in [6, 6.07) is 33.4. The lowest BCUT2D eigenvalue weighted by Gasteiger charge is -2.37. The van der Waals surface area contributed by atoms with Crippen molar-refractivity contribution in [2.45, 2.75) is 37.6 Å². The highest BCUT2D eigenvalue weighted by atomic mass is 15.2. The minimum Gasteiger partial charge on any atom is -0.334 e. The first-order valence-electron chi connectivity index (χ1n) is 17.8. The fourth-order valence-electron chi connectivity index (χ4n) is 8.85. The van der Waals surface area contributed by atoms with E-state index in [0.29, 0.717) is 17.8 Å². The van der Waals surface area contributed by atoms with E-state index in [1.165, 1.54) is 39.2 Å². The molecule has 5 aromatic rings. The van der Waals surface area contributed by atoms with E-state index in [9.17, 15) is 0 Å². The molecule has 5 aliphatic rings. The second kappa shape index (κ2) is 11.6. The molecule has 0 radical (unpaired) electrons. The zero-order chi connectivity index (χ0) is 32.3. The molecule has 0 saturated heterocycles. The topological polar surface area (TPSA) is 29.0 Å². The van der Waals surface area contributed by atoms with Crippen molar-refractivity contribution in [1.29, 1.82) is 0 Å². The number of allylic oxidation sites excluding steroid dienone is 10. The Bertz CT molecular complexity index is 2320. The number of hydrogen-bond acceptors (Lipinski definition) is 3. The summed E-state index contributed by atoms with van der Waals surface area (Å²) in [5, 5.41) is 1.09. The number of rotatable bonds is 4. The van der Waals surface area contributed by atoms with E-state index < -0.39 is 0 Å². The largest absolute Gasteiger partial charge is 0.334 e. The summed E-state index contributed by atoms with van der Waals surface area (Å²) >= 11 is 0. The van der Waals surface area contributed by atoms with Gasteiger partial charge in [0, 0.05) is 39.7 Å². The van der Waals surface area contributed by atoms with Gasteiger partial charge in [0.25, 0.3) is 0 Å². The number of benzene rings is 4. The highest BCUT2D eigenvalue weighted by Crippen LogP contribution is 2.54. The molecule has 3 heteroatoms. The molecule has 4 aliphatic carbocycles. The van der Waals surface area contributed by atoms with Crippen LogP contribution in [0.3, 0.4) is 0 Å². The van der Waals surface area contributed by atoms with Gasteiger partial charge in [-0.05, 0) is 102 Å². The summed E-state index contributed by atoms with van der Waals surface area (Å²) in [5.41, 5.74) is 13.8. The molecule has 0 saturated carbocycles. The van der Waals surface area contributed by atoms with Gasteiger partial charge in [-0.25, -0.2) is 9.97 Å². The maximum absolute atomic E-state index is 5.37. The first kappa shape index (κ1) is 28.5. The van der Waals surface area contributed by atoms with Crippen LogP contribution in [-0.2, 0) is 6.42 Å². The van der Waals surface area contributed by atoms with E-state index in [1.807, 2.05) is 0 Å². The fourth-order valence-corrected chi connectivity index (χ4v) is 8.85. The predicted molar refractivity (Wildman–Crippen MR) is 203 cm³/mol. The monoisotopic (exact) mass is 631 g/mol. The molecule has 0 spiro atoms. The minimum absolute atomic E-state index is 0.258. The molecule has 4 unspecified atom stereocenters. The first-order valence-corrected chi connectivity index (χ1v) is 17.8. The van der Waals surface area contributed by atoms with Gasteiger partial charge >= 0.3 is 0 Å². The average Bonchev–Trinajstić information content (AvgIpc) is 3.52. The Morgan fingerprint density at radius 3 is 2.47 bits per heavy atom. The van der Waals surface area contributed by atoms with Crippen molar-refractivity contribution in [2.24, 2.45) is 11.8 Å². The summed E-state index contributed by atoms with van der Waals surface area (Å²) < 4.78 is 0. The Kier molecular flexibility index (Phi) is 6.72. The fraction of sp³-hybridized carbons (Fsp3) is 0.174. The maximum atomic E-state index is 5.37. The van der Waals surface area contributed by atoms with Crippen LogP contribution in [0.4, 0.5) is 11.4 Å². The molecule has 0 bridgehead atoms. The Morgan fingerprint density at radius 2 is 1.55 bits per heavy atom. The number of hydrogen-bond donors (Lipinski definition) is 0. The van der Waals surface area contributed by atoms with Crippen LogP contribution in [0.15, 0.2) is 157 Å². The first-order chi connectivity index (χ1) is 24.3. The van der Waals surface area contributed by atoms with Crippen molar-refractivity contribution in [3.05, 3.63) is 174 Å². The van der Waals surface area contributed by atoms with Gasteiger partial charge in [0.15, 0.2) is 5.82 Å². The number of fused-ring (bicyclic) bond motifs is 7. The van der Waals surface area contributed by atoms with Crippen LogP contribution in [0.5, 0.6) is 0 Å². The van der Waals surface area contributed by atoms with Crippen molar-refractivity contribution in [1.82, 2.24) is 9.97 Å². The van der Waals surface area contributed by atoms with Crippen LogP contribution in [0.1, 0.15) is 41.9 Å². The van der Waals surface area contributed by atoms with Crippen molar-refractivity contribution in [3.8, 4) is 22.6 Å². The Hall–Kier alpha value is -5.54. The van der Waals surface area contributed by atoms with E-state index in [2.05, 4.69) is 157 Å². The molecule has 3 nitrogen and oxygen atoms in total. The molecule has 10 rings (SSSR count). The van der Waals surface area contributed by atoms with Crippen molar-refractivity contribution < 1.29 is 0 Å². The van der Waals surface area contributed by atoms with Crippen LogP contribution in [-0.4, -0.2) is 16.0 Å². The summed E-state index contributed by atoms with van der Waals surface area (Å²) in [5.74, 6) is 1.94.